The number of hydrogen-bond donors (Lipinski definition) is 2. The SMILES string of the molecule is Cc1sc(-c2ccco2)nc1C(=O)N1C[C@@H](O)[C@@H](O)C1. The number of aliphatic hydroxyl groups excluding tert-OH is 2. The summed E-state index contributed by atoms with van der Waals surface area (Å²) in [5.41, 5.74) is 0.350. The summed E-state index contributed by atoms with van der Waals surface area (Å²) in [6.07, 6.45) is -0.217. The lowest BCUT2D eigenvalue weighted by molar-refractivity contribution is 0.0572. The second kappa shape index (κ2) is 5.01. The summed E-state index contributed by atoms with van der Waals surface area (Å²) < 4.78 is 5.27. The van der Waals surface area contributed by atoms with Gasteiger partial charge in [0.05, 0.1) is 18.5 Å². The molecule has 1 saturated heterocycles. The lowest BCUT2D eigenvalue weighted by atomic mass is 10.3. The Morgan fingerprint density at radius 1 is 1.45 bits per heavy atom. The topological polar surface area (TPSA) is 86.8 Å². The average Bonchev–Trinajstić information content (AvgIpc) is 3.10. The lowest BCUT2D eigenvalue weighted by Gasteiger charge is -2.13. The molecule has 2 atom stereocenters. The number of likely N-dealkylation sites (tertiary alicyclic amines) is 1. The smallest absolute Gasteiger partial charge is 0.273 e. The summed E-state index contributed by atoms with van der Waals surface area (Å²) in [6, 6.07) is 3.55. The Morgan fingerprint density at radius 3 is 2.75 bits per heavy atom. The van der Waals surface area contributed by atoms with E-state index < -0.39 is 12.2 Å². The summed E-state index contributed by atoms with van der Waals surface area (Å²) in [6.45, 7) is 2.08. The first-order valence-corrected chi connectivity index (χ1v) is 7.04. The van der Waals surface area contributed by atoms with E-state index in [0.29, 0.717) is 16.5 Å². The van der Waals surface area contributed by atoms with Crippen LogP contribution >= 0.6 is 11.3 Å². The minimum atomic E-state index is -0.887. The van der Waals surface area contributed by atoms with E-state index in [9.17, 15) is 15.0 Å². The summed E-state index contributed by atoms with van der Waals surface area (Å²) in [5, 5.41) is 19.7. The molecular formula is C13H14N2O4S. The molecule has 1 aliphatic heterocycles. The van der Waals surface area contributed by atoms with Gasteiger partial charge in [0.15, 0.2) is 10.8 Å². The molecule has 0 aliphatic carbocycles. The van der Waals surface area contributed by atoms with Crippen LogP contribution < -0.4 is 0 Å². The molecule has 106 valence electrons. The van der Waals surface area contributed by atoms with Crippen LogP contribution in [-0.2, 0) is 0 Å². The Balaban J connectivity index is 1.86. The molecule has 2 N–H and O–H groups in total. The predicted molar refractivity (Wildman–Crippen MR) is 72.5 cm³/mol. The van der Waals surface area contributed by atoms with Crippen LogP contribution in [0.25, 0.3) is 10.8 Å². The molecule has 0 unspecified atom stereocenters. The van der Waals surface area contributed by atoms with E-state index in [-0.39, 0.29) is 19.0 Å². The van der Waals surface area contributed by atoms with Crippen molar-refractivity contribution in [1.29, 1.82) is 0 Å². The van der Waals surface area contributed by atoms with Crippen molar-refractivity contribution in [2.75, 3.05) is 13.1 Å². The van der Waals surface area contributed by atoms with Gasteiger partial charge in [-0.3, -0.25) is 4.79 Å². The fourth-order valence-electron chi connectivity index (χ4n) is 2.19. The maximum atomic E-state index is 12.4. The molecular weight excluding hydrogens is 280 g/mol. The van der Waals surface area contributed by atoms with Crippen molar-refractivity contribution in [3.8, 4) is 10.8 Å². The van der Waals surface area contributed by atoms with Gasteiger partial charge in [-0.25, -0.2) is 4.98 Å². The van der Waals surface area contributed by atoms with Crippen LogP contribution in [0.2, 0.25) is 0 Å². The van der Waals surface area contributed by atoms with E-state index in [2.05, 4.69) is 4.98 Å². The molecule has 1 aliphatic rings. The highest BCUT2D eigenvalue weighted by Crippen LogP contribution is 2.29. The maximum absolute atomic E-state index is 12.4. The van der Waals surface area contributed by atoms with E-state index in [1.807, 2.05) is 6.92 Å². The molecule has 0 aromatic carbocycles. The number of aromatic nitrogens is 1. The monoisotopic (exact) mass is 294 g/mol. The van der Waals surface area contributed by atoms with Crippen LogP contribution in [0.15, 0.2) is 22.8 Å². The fraction of sp³-hybridized carbons (Fsp3) is 0.385. The normalized spacial score (nSPS) is 22.4. The van der Waals surface area contributed by atoms with Gasteiger partial charge in [-0.05, 0) is 19.1 Å². The molecule has 0 radical (unpaired) electrons. The predicted octanol–water partition coefficient (Wildman–Crippen LogP) is 0.889. The van der Waals surface area contributed by atoms with Gasteiger partial charge in [0.25, 0.3) is 5.91 Å². The van der Waals surface area contributed by atoms with E-state index in [1.54, 1.807) is 18.4 Å². The van der Waals surface area contributed by atoms with Gasteiger partial charge in [0.1, 0.15) is 5.69 Å². The van der Waals surface area contributed by atoms with Gasteiger partial charge in [-0.2, -0.15) is 0 Å². The van der Waals surface area contributed by atoms with Crippen LogP contribution in [0, 0.1) is 6.92 Å². The standard InChI is InChI=1S/C13H14N2O4S/c1-7-11(13(18)15-5-8(16)9(17)6-15)14-12(20-7)10-3-2-4-19-10/h2-4,8-9,16-17H,5-6H2,1H3/t8-,9+. The Bertz CT molecular complexity index is 612. The quantitative estimate of drug-likeness (QED) is 0.859. The molecule has 7 heteroatoms. The zero-order valence-electron chi connectivity index (χ0n) is 10.8. The van der Waals surface area contributed by atoms with Crippen molar-refractivity contribution in [3.63, 3.8) is 0 Å². The number of aryl methyl sites for hydroxylation is 1. The van der Waals surface area contributed by atoms with Crippen LogP contribution in [0.4, 0.5) is 0 Å². The molecule has 2 aromatic rings. The third kappa shape index (κ3) is 2.24. The van der Waals surface area contributed by atoms with Crippen LogP contribution in [0.5, 0.6) is 0 Å². The molecule has 0 spiro atoms. The minimum Gasteiger partial charge on any atom is -0.462 e. The van der Waals surface area contributed by atoms with Crippen LogP contribution in [0.3, 0.4) is 0 Å². The number of nitrogens with zero attached hydrogens (tertiary/aromatic N) is 2. The van der Waals surface area contributed by atoms with Crippen molar-refractivity contribution in [2.24, 2.45) is 0 Å². The Hall–Kier alpha value is -1.70. The highest BCUT2D eigenvalue weighted by molar-refractivity contribution is 7.15. The highest BCUT2D eigenvalue weighted by atomic mass is 32.1. The maximum Gasteiger partial charge on any atom is 0.273 e. The number of amides is 1. The molecule has 1 amide bonds. The van der Waals surface area contributed by atoms with Gasteiger partial charge in [-0.1, -0.05) is 0 Å². The molecule has 0 bridgehead atoms. The molecule has 2 aromatic heterocycles. The Morgan fingerprint density at radius 2 is 2.15 bits per heavy atom. The lowest BCUT2D eigenvalue weighted by Crippen LogP contribution is -2.30. The first-order chi connectivity index (χ1) is 9.56. The fourth-order valence-corrected chi connectivity index (χ4v) is 3.06. The van der Waals surface area contributed by atoms with Crippen molar-refractivity contribution >= 4 is 17.2 Å². The van der Waals surface area contributed by atoms with E-state index in [4.69, 9.17) is 4.42 Å². The molecule has 20 heavy (non-hydrogen) atoms. The first-order valence-electron chi connectivity index (χ1n) is 6.23. The zero-order chi connectivity index (χ0) is 14.3. The van der Waals surface area contributed by atoms with Crippen molar-refractivity contribution in [1.82, 2.24) is 9.88 Å². The number of aliphatic hydroxyl groups is 2. The van der Waals surface area contributed by atoms with Gasteiger partial charge in [0.2, 0.25) is 0 Å². The average molecular weight is 294 g/mol. The minimum absolute atomic E-state index is 0.132. The van der Waals surface area contributed by atoms with Crippen molar-refractivity contribution in [3.05, 3.63) is 29.0 Å². The highest BCUT2D eigenvalue weighted by Gasteiger charge is 2.34. The van der Waals surface area contributed by atoms with Crippen molar-refractivity contribution in [2.45, 2.75) is 19.1 Å². The Labute approximate surface area is 119 Å². The summed E-state index contributed by atoms with van der Waals surface area (Å²) >= 11 is 1.38. The largest absolute Gasteiger partial charge is 0.462 e. The second-order valence-electron chi connectivity index (χ2n) is 4.75. The van der Waals surface area contributed by atoms with Crippen LogP contribution in [-0.4, -0.2) is 51.3 Å². The number of rotatable bonds is 2. The van der Waals surface area contributed by atoms with E-state index >= 15 is 0 Å². The Kier molecular flexibility index (Phi) is 3.33. The number of carbonyl (C=O) groups is 1. The van der Waals surface area contributed by atoms with Gasteiger partial charge in [-0.15, -0.1) is 11.3 Å². The number of β-amino-alcohol motifs (C(OH)–C–C–N with tert-alkyl or cyclic N) is 2. The van der Waals surface area contributed by atoms with E-state index in [1.165, 1.54) is 16.2 Å². The zero-order valence-corrected chi connectivity index (χ0v) is 11.6. The molecule has 3 heterocycles. The number of hydrogen-bond acceptors (Lipinski definition) is 6. The number of furan rings is 1. The number of carbonyl (C=O) groups excluding carboxylic acids is 1. The van der Waals surface area contributed by atoms with Crippen molar-refractivity contribution < 1.29 is 19.4 Å². The molecule has 0 saturated carbocycles. The third-order valence-corrected chi connectivity index (χ3v) is 4.26. The first kappa shape index (κ1) is 13.3. The molecule has 3 rings (SSSR count). The molecule has 6 nitrogen and oxygen atoms in total. The van der Waals surface area contributed by atoms with Crippen LogP contribution in [0.1, 0.15) is 15.4 Å². The molecule has 1 fully saturated rings. The summed E-state index contributed by atoms with van der Waals surface area (Å²) in [7, 11) is 0. The summed E-state index contributed by atoms with van der Waals surface area (Å²) in [5.74, 6) is 0.353. The number of thiazole rings is 1. The summed E-state index contributed by atoms with van der Waals surface area (Å²) in [4.78, 5) is 18.9. The third-order valence-electron chi connectivity index (χ3n) is 3.28. The van der Waals surface area contributed by atoms with Gasteiger partial charge < -0.3 is 19.5 Å². The van der Waals surface area contributed by atoms with Gasteiger partial charge >= 0.3 is 0 Å². The van der Waals surface area contributed by atoms with Gasteiger partial charge in [0, 0.05) is 18.0 Å². The van der Waals surface area contributed by atoms with E-state index in [0.717, 1.165) is 4.88 Å². The second-order valence-corrected chi connectivity index (χ2v) is 5.95.